The number of nitrogens with zero attached hydrogens (tertiary/aromatic N) is 3. The van der Waals surface area contributed by atoms with Gasteiger partial charge in [0.15, 0.2) is 0 Å². The van der Waals surface area contributed by atoms with Crippen LogP contribution in [0.3, 0.4) is 0 Å². The molecule has 0 atom stereocenters. The van der Waals surface area contributed by atoms with Gasteiger partial charge < -0.3 is 10.1 Å². The van der Waals surface area contributed by atoms with Crippen LogP contribution in [-0.4, -0.2) is 21.6 Å². The highest BCUT2D eigenvalue weighted by Crippen LogP contribution is 2.23. The van der Waals surface area contributed by atoms with Crippen molar-refractivity contribution in [2.75, 3.05) is 12.4 Å². The molecular formula is C19H21ClN4O2. The maximum atomic E-state index is 12.4. The Morgan fingerprint density at radius 2 is 2.08 bits per heavy atom. The molecule has 0 saturated heterocycles. The SMILES string of the molecule is COCc1ccc(C)c(Nc2ncc3cc(Cl)c(=O)n(C(C)C)c3n2)c1. The molecule has 0 aliphatic carbocycles. The number of methoxy groups -OCH3 is 1. The highest BCUT2D eigenvalue weighted by molar-refractivity contribution is 6.31. The van der Waals surface area contributed by atoms with Crippen LogP contribution in [0.25, 0.3) is 11.0 Å². The lowest BCUT2D eigenvalue weighted by Gasteiger charge is -2.15. The molecule has 3 rings (SSSR count). The van der Waals surface area contributed by atoms with Crippen LogP contribution >= 0.6 is 11.6 Å². The molecule has 7 heteroatoms. The van der Waals surface area contributed by atoms with E-state index < -0.39 is 0 Å². The Kier molecular flexibility index (Phi) is 5.25. The summed E-state index contributed by atoms with van der Waals surface area (Å²) in [4.78, 5) is 21.3. The van der Waals surface area contributed by atoms with Crippen LogP contribution in [0.1, 0.15) is 31.0 Å². The lowest BCUT2D eigenvalue weighted by molar-refractivity contribution is 0.185. The number of hydrogen-bond donors (Lipinski definition) is 1. The zero-order valence-corrected chi connectivity index (χ0v) is 16.0. The van der Waals surface area contributed by atoms with Crippen molar-refractivity contribution in [1.29, 1.82) is 0 Å². The topological polar surface area (TPSA) is 69.0 Å². The lowest BCUT2D eigenvalue weighted by atomic mass is 10.1. The fourth-order valence-corrected chi connectivity index (χ4v) is 3.02. The first-order chi connectivity index (χ1) is 12.4. The highest BCUT2D eigenvalue weighted by Gasteiger charge is 2.13. The van der Waals surface area contributed by atoms with Crippen LogP contribution in [-0.2, 0) is 11.3 Å². The maximum Gasteiger partial charge on any atom is 0.271 e. The van der Waals surface area contributed by atoms with Gasteiger partial charge in [-0.25, -0.2) is 4.98 Å². The lowest BCUT2D eigenvalue weighted by Crippen LogP contribution is -2.23. The number of aryl methyl sites for hydroxylation is 1. The Hall–Kier alpha value is -2.44. The number of ether oxygens (including phenoxy) is 1. The molecule has 6 nitrogen and oxygen atoms in total. The fourth-order valence-electron chi connectivity index (χ4n) is 2.81. The number of benzene rings is 1. The molecule has 0 spiro atoms. The molecule has 3 aromatic rings. The van der Waals surface area contributed by atoms with Gasteiger partial charge in [0.2, 0.25) is 5.95 Å². The van der Waals surface area contributed by atoms with Gasteiger partial charge >= 0.3 is 0 Å². The van der Waals surface area contributed by atoms with E-state index in [0.717, 1.165) is 22.2 Å². The Labute approximate surface area is 156 Å². The minimum Gasteiger partial charge on any atom is -0.380 e. The van der Waals surface area contributed by atoms with Gasteiger partial charge in [-0.05, 0) is 44.0 Å². The van der Waals surface area contributed by atoms with E-state index >= 15 is 0 Å². The third-order valence-corrected chi connectivity index (χ3v) is 4.38. The summed E-state index contributed by atoms with van der Waals surface area (Å²) in [6.45, 7) is 6.37. The van der Waals surface area contributed by atoms with Gasteiger partial charge in [-0.3, -0.25) is 9.36 Å². The number of fused-ring (bicyclic) bond motifs is 1. The van der Waals surface area contributed by atoms with Crippen molar-refractivity contribution in [3.8, 4) is 0 Å². The Balaban J connectivity index is 2.07. The van der Waals surface area contributed by atoms with Gasteiger partial charge in [-0.2, -0.15) is 4.98 Å². The molecule has 26 heavy (non-hydrogen) atoms. The smallest absolute Gasteiger partial charge is 0.271 e. The van der Waals surface area contributed by atoms with Crippen molar-refractivity contribution in [3.63, 3.8) is 0 Å². The summed E-state index contributed by atoms with van der Waals surface area (Å²) in [6, 6.07) is 7.57. The molecular weight excluding hydrogens is 352 g/mol. The Bertz CT molecular complexity index is 1010. The normalized spacial score (nSPS) is 11.3. The molecule has 2 aromatic heterocycles. The summed E-state index contributed by atoms with van der Waals surface area (Å²) in [5.74, 6) is 0.422. The standard InChI is InChI=1S/C19H21ClN4O2/c1-11(2)24-17-14(8-15(20)18(24)25)9-21-19(23-17)22-16-7-13(10-26-4)6-5-12(16)3/h5-9,11H,10H2,1-4H3,(H,21,22,23). The summed E-state index contributed by atoms with van der Waals surface area (Å²) >= 11 is 6.06. The highest BCUT2D eigenvalue weighted by atomic mass is 35.5. The van der Waals surface area contributed by atoms with Crippen molar-refractivity contribution in [2.24, 2.45) is 0 Å². The zero-order chi connectivity index (χ0) is 18.8. The van der Waals surface area contributed by atoms with Crippen LogP contribution in [0, 0.1) is 6.92 Å². The minimum absolute atomic E-state index is 0.0711. The first-order valence-corrected chi connectivity index (χ1v) is 8.71. The Morgan fingerprint density at radius 1 is 1.31 bits per heavy atom. The molecule has 136 valence electrons. The average molecular weight is 373 g/mol. The second-order valence-electron chi connectivity index (χ2n) is 6.44. The number of rotatable bonds is 5. The van der Waals surface area contributed by atoms with E-state index in [1.165, 1.54) is 0 Å². The van der Waals surface area contributed by atoms with Crippen LogP contribution < -0.4 is 10.9 Å². The van der Waals surface area contributed by atoms with Gasteiger partial charge in [0.25, 0.3) is 5.56 Å². The largest absolute Gasteiger partial charge is 0.380 e. The number of halogens is 1. The van der Waals surface area contributed by atoms with E-state index in [1.807, 2.05) is 39.0 Å². The van der Waals surface area contributed by atoms with E-state index in [2.05, 4.69) is 15.3 Å². The van der Waals surface area contributed by atoms with Crippen molar-refractivity contribution in [2.45, 2.75) is 33.4 Å². The molecule has 0 fully saturated rings. The first kappa shape index (κ1) is 18.4. The third kappa shape index (κ3) is 3.57. The number of pyridine rings is 1. The number of aromatic nitrogens is 3. The molecule has 0 amide bonds. The first-order valence-electron chi connectivity index (χ1n) is 8.34. The third-order valence-electron chi connectivity index (χ3n) is 4.11. The van der Waals surface area contributed by atoms with E-state index in [4.69, 9.17) is 16.3 Å². The molecule has 1 N–H and O–H groups in total. The second kappa shape index (κ2) is 7.43. The van der Waals surface area contributed by atoms with Gasteiger partial charge in [-0.1, -0.05) is 23.7 Å². The molecule has 0 radical (unpaired) electrons. The van der Waals surface area contributed by atoms with E-state index in [1.54, 1.807) is 23.9 Å². The fraction of sp³-hybridized carbons (Fsp3) is 0.316. The number of nitrogens with one attached hydrogen (secondary N) is 1. The summed E-state index contributed by atoms with van der Waals surface area (Å²) in [5, 5.41) is 4.12. The van der Waals surface area contributed by atoms with E-state index in [-0.39, 0.29) is 16.6 Å². The van der Waals surface area contributed by atoms with Crippen LogP contribution in [0.2, 0.25) is 5.02 Å². The van der Waals surface area contributed by atoms with Crippen LogP contribution in [0.4, 0.5) is 11.6 Å². The summed E-state index contributed by atoms with van der Waals surface area (Å²) in [6.07, 6.45) is 1.67. The molecule has 0 aliphatic rings. The molecule has 0 saturated carbocycles. The average Bonchev–Trinajstić information content (AvgIpc) is 2.59. The molecule has 0 aliphatic heterocycles. The molecule has 0 unspecified atom stereocenters. The summed E-state index contributed by atoms with van der Waals surface area (Å²) in [5.41, 5.74) is 3.30. The maximum absolute atomic E-state index is 12.4. The predicted molar refractivity (Wildman–Crippen MR) is 104 cm³/mol. The second-order valence-corrected chi connectivity index (χ2v) is 6.85. The molecule has 2 heterocycles. The van der Waals surface area contributed by atoms with Crippen molar-refractivity contribution >= 4 is 34.3 Å². The Morgan fingerprint density at radius 3 is 2.77 bits per heavy atom. The quantitative estimate of drug-likeness (QED) is 0.726. The monoisotopic (exact) mass is 372 g/mol. The van der Waals surface area contributed by atoms with Crippen molar-refractivity contribution in [1.82, 2.24) is 14.5 Å². The van der Waals surface area contributed by atoms with Gasteiger partial charge in [0.1, 0.15) is 10.7 Å². The summed E-state index contributed by atoms with van der Waals surface area (Å²) < 4.78 is 6.77. The molecule has 1 aromatic carbocycles. The van der Waals surface area contributed by atoms with Crippen molar-refractivity contribution in [3.05, 3.63) is 57.0 Å². The van der Waals surface area contributed by atoms with Gasteiger partial charge in [0, 0.05) is 30.4 Å². The number of anilines is 2. The van der Waals surface area contributed by atoms with Crippen LogP contribution in [0.15, 0.2) is 35.3 Å². The summed E-state index contributed by atoms with van der Waals surface area (Å²) in [7, 11) is 1.66. The molecule has 0 bridgehead atoms. The number of hydrogen-bond acceptors (Lipinski definition) is 5. The van der Waals surface area contributed by atoms with Gasteiger partial charge in [-0.15, -0.1) is 0 Å². The minimum atomic E-state index is -0.253. The van der Waals surface area contributed by atoms with E-state index in [9.17, 15) is 4.79 Å². The van der Waals surface area contributed by atoms with Gasteiger partial charge in [0.05, 0.1) is 6.61 Å². The van der Waals surface area contributed by atoms with Crippen molar-refractivity contribution < 1.29 is 4.74 Å². The van der Waals surface area contributed by atoms with E-state index in [0.29, 0.717) is 18.2 Å². The van der Waals surface area contributed by atoms with Crippen LogP contribution in [0.5, 0.6) is 0 Å². The zero-order valence-electron chi connectivity index (χ0n) is 15.2. The predicted octanol–water partition coefficient (Wildman–Crippen LogP) is 4.22.